The van der Waals surface area contributed by atoms with Crippen LogP contribution >= 0.6 is 0 Å². The van der Waals surface area contributed by atoms with E-state index in [2.05, 4.69) is 27.3 Å². The van der Waals surface area contributed by atoms with Crippen molar-refractivity contribution in [3.05, 3.63) is 65.7 Å². The summed E-state index contributed by atoms with van der Waals surface area (Å²) in [6.45, 7) is 2.02. The predicted octanol–water partition coefficient (Wildman–Crippen LogP) is 5.54. The summed E-state index contributed by atoms with van der Waals surface area (Å²) in [4.78, 5) is 21.4. The number of nitrogens with one attached hydrogen (secondary N) is 1. The molecule has 2 aromatic heterocycles. The van der Waals surface area contributed by atoms with Crippen molar-refractivity contribution >= 4 is 22.6 Å². The van der Waals surface area contributed by atoms with E-state index in [1.165, 1.54) is 11.6 Å². The molecular weight excluding hydrogens is 401 g/mol. The van der Waals surface area contributed by atoms with Gasteiger partial charge in [-0.3, -0.25) is 9.78 Å². The maximum Gasteiger partial charge on any atom is 0.228 e. The number of amides is 1. The lowest BCUT2D eigenvalue weighted by molar-refractivity contribution is -0.120. The van der Waals surface area contributed by atoms with Crippen LogP contribution in [0.2, 0.25) is 0 Å². The molecule has 1 N–H and O–H groups in total. The number of terminal acetylenes is 1. The van der Waals surface area contributed by atoms with Gasteiger partial charge in [0.15, 0.2) is 0 Å². The molecule has 2 saturated carbocycles. The summed E-state index contributed by atoms with van der Waals surface area (Å²) in [6.07, 6.45) is 13.1. The van der Waals surface area contributed by atoms with Crippen LogP contribution in [0.5, 0.6) is 0 Å². The van der Waals surface area contributed by atoms with E-state index in [1.807, 2.05) is 13.1 Å². The molecule has 5 atom stereocenters. The number of pyridine rings is 2. The molecular formula is C27H26FN3O. The zero-order chi connectivity index (χ0) is 22.2. The van der Waals surface area contributed by atoms with Gasteiger partial charge in [-0.15, -0.1) is 6.42 Å². The highest BCUT2D eigenvalue weighted by molar-refractivity contribution is 5.91. The summed E-state index contributed by atoms with van der Waals surface area (Å²) in [5.41, 5.74) is 2.76. The molecule has 3 aromatic rings. The molecule has 5 rings (SSSR count). The van der Waals surface area contributed by atoms with Crippen LogP contribution in [0.25, 0.3) is 10.9 Å². The second kappa shape index (κ2) is 8.35. The van der Waals surface area contributed by atoms with E-state index in [1.54, 1.807) is 30.5 Å². The van der Waals surface area contributed by atoms with E-state index < -0.39 is 0 Å². The number of benzene rings is 1. The van der Waals surface area contributed by atoms with Gasteiger partial charge in [0.05, 0.1) is 5.52 Å². The van der Waals surface area contributed by atoms with Crippen LogP contribution in [0.4, 0.5) is 10.2 Å². The van der Waals surface area contributed by atoms with E-state index in [0.29, 0.717) is 35.1 Å². The first kappa shape index (κ1) is 20.6. The molecule has 32 heavy (non-hydrogen) atoms. The third-order valence-corrected chi connectivity index (χ3v) is 7.53. The fourth-order valence-electron chi connectivity index (χ4n) is 5.83. The van der Waals surface area contributed by atoms with Gasteiger partial charge in [0.2, 0.25) is 5.91 Å². The summed E-state index contributed by atoms with van der Waals surface area (Å²) in [6, 6.07) is 10.4. The molecule has 0 bridgehead atoms. The van der Waals surface area contributed by atoms with Gasteiger partial charge >= 0.3 is 0 Å². The Bertz CT molecular complexity index is 1190. The lowest BCUT2D eigenvalue weighted by atomic mass is 9.86. The minimum atomic E-state index is -0.215. The van der Waals surface area contributed by atoms with Crippen molar-refractivity contribution in [3.63, 3.8) is 0 Å². The Kier molecular flexibility index (Phi) is 5.38. The quantitative estimate of drug-likeness (QED) is 0.556. The number of rotatable bonds is 4. The summed E-state index contributed by atoms with van der Waals surface area (Å²) in [5.74, 6) is 4.84. The Labute approximate surface area is 187 Å². The number of carbonyl (C=O) groups excluding carboxylic acids is 1. The third-order valence-electron chi connectivity index (χ3n) is 7.53. The molecule has 0 saturated heterocycles. The van der Waals surface area contributed by atoms with Gasteiger partial charge in [-0.25, -0.2) is 9.37 Å². The normalized spacial score (nSPS) is 25.3. The van der Waals surface area contributed by atoms with Gasteiger partial charge in [0.1, 0.15) is 11.6 Å². The molecule has 2 aliphatic carbocycles. The van der Waals surface area contributed by atoms with Crippen molar-refractivity contribution < 1.29 is 9.18 Å². The van der Waals surface area contributed by atoms with Crippen molar-refractivity contribution in [2.24, 2.45) is 23.7 Å². The number of hydrogen-bond acceptors (Lipinski definition) is 3. The Hall–Kier alpha value is -3.26. The average Bonchev–Trinajstić information content (AvgIpc) is 3.38. The van der Waals surface area contributed by atoms with Crippen molar-refractivity contribution in [1.82, 2.24) is 9.97 Å². The van der Waals surface area contributed by atoms with Gasteiger partial charge in [-0.1, -0.05) is 12.8 Å². The maximum absolute atomic E-state index is 13.9. The van der Waals surface area contributed by atoms with Crippen molar-refractivity contribution in [3.8, 4) is 12.3 Å². The third kappa shape index (κ3) is 3.86. The molecule has 5 heteroatoms. The largest absolute Gasteiger partial charge is 0.310 e. The first-order valence-corrected chi connectivity index (χ1v) is 11.3. The smallest absolute Gasteiger partial charge is 0.228 e. The highest BCUT2D eigenvalue weighted by Gasteiger charge is 2.44. The molecule has 2 heterocycles. The second-order valence-corrected chi connectivity index (χ2v) is 9.34. The Morgan fingerprint density at radius 1 is 1.12 bits per heavy atom. The molecule has 1 aromatic carbocycles. The lowest BCUT2D eigenvalue weighted by Gasteiger charge is -2.21. The maximum atomic E-state index is 13.9. The molecule has 0 radical (unpaired) electrons. The highest BCUT2D eigenvalue weighted by atomic mass is 19.1. The molecule has 162 valence electrons. The van der Waals surface area contributed by atoms with E-state index >= 15 is 0 Å². The zero-order valence-electron chi connectivity index (χ0n) is 18.1. The number of fused-ring (bicyclic) bond motifs is 2. The number of anilines is 1. The van der Waals surface area contributed by atoms with Crippen LogP contribution in [0.1, 0.15) is 49.7 Å². The summed E-state index contributed by atoms with van der Waals surface area (Å²) in [5, 5.41) is 3.87. The summed E-state index contributed by atoms with van der Waals surface area (Å²) in [7, 11) is 0. The van der Waals surface area contributed by atoms with Crippen LogP contribution in [0, 0.1) is 41.8 Å². The predicted molar refractivity (Wildman–Crippen MR) is 123 cm³/mol. The fourth-order valence-corrected chi connectivity index (χ4v) is 5.83. The molecule has 1 amide bonds. The van der Waals surface area contributed by atoms with Gasteiger partial charge in [0, 0.05) is 29.3 Å². The summed E-state index contributed by atoms with van der Waals surface area (Å²) >= 11 is 0. The Balaban J connectivity index is 1.23. The van der Waals surface area contributed by atoms with E-state index in [9.17, 15) is 9.18 Å². The lowest BCUT2D eigenvalue weighted by Crippen LogP contribution is -2.26. The van der Waals surface area contributed by atoms with Crippen LogP contribution < -0.4 is 5.32 Å². The molecule has 4 nitrogen and oxygen atoms in total. The zero-order valence-corrected chi connectivity index (χ0v) is 18.1. The number of hydrogen-bond donors (Lipinski definition) is 1. The minimum Gasteiger partial charge on any atom is -0.310 e. The van der Waals surface area contributed by atoms with Gasteiger partial charge in [0.25, 0.3) is 0 Å². The van der Waals surface area contributed by atoms with Crippen LogP contribution in [-0.4, -0.2) is 15.9 Å². The van der Waals surface area contributed by atoms with Crippen molar-refractivity contribution in [2.75, 3.05) is 5.32 Å². The SMILES string of the molecule is C#Cc1ccc(NC(=O)[C@H](C)[C@@H]2C[C@H]3CC(c4ccnc5ccc(F)cc45)C[C@H]3C2)nc1. The number of carbonyl (C=O) groups is 1. The van der Waals surface area contributed by atoms with E-state index in [-0.39, 0.29) is 17.6 Å². The first-order valence-electron chi connectivity index (χ1n) is 11.3. The van der Waals surface area contributed by atoms with E-state index in [4.69, 9.17) is 6.42 Å². The molecule has 1 unspecified atom stereocenters. The molecule has 0 aliphatic heterocycles. The highest BCUT2D eigenvalue weighted by Crippen LogP contribution is 2.54. The molecule has 2 aliphatic rings. The number of halogens is 1. The van der Waals surface area contributed by atoms with Gasteiger partial charge < -0.3 is 5.32 Å². The topological polar surface area (TPSA) is 54.9 Å². The van der Waals surface area contributed by atoms with E-state index in [0.717, 1.165) is 36.6 Å². The Morgan fingerprint density at radius 3 is 2.59 bits per heavy atom. The second-order valence-electron chi connectivity index (χ2n) is 9.34. The standard InChI is InChI=1S/C27H26FN3O/c1-3-17-4-7-26(30-15-17)31-27(32)16(2)18-10-19-12-21(13-20(19)11-18)23-8-9-29-25-6-5-22(28)14-24(23)25/h1,4-9,14-16,18-21H,10-13H2,2H3,(H,30,31,32)/t16-,18-,19+,20-,21?/m1/s1. The van der Waals surface area contributed by atoms with Crippen LogP contribution in [0.3, 0.4) is 0 Å². The average molecular weight is 428 g/mol. The Morgan fingerprint density at radius 2 is 1.91 bits per heavy atom. The van der Waals surface area contributed by atoms with Crippen LogP contribution in [0.15, 0.2) is 48.8 Å². The summed E-state index contributed by atoms with van der Waals surface area (Å²) < 4.78 is 13.9. The van der Waals surface area contributed by atoms with Crippen LogP contribution in [-0.2, 0) is 4.79 Å². The number of aromatic nitrogens is 2. The van der Waals surface area contributed by atoms with Crippen molar-refractivity contribution in [2.45, 2.75) is 38.5 Å². The number of nitrogens with zero attached hydrogens (tertiary/aromatic N) is 2. The van der Waals surface area contributed by atoms with Gasteiger partial charge in [-0.05, 0) is 91.3 Å². The molecule has 2 fully saturated rings. The minimum absolute atomic E-state index is 0.0167. The first-order chi connectivity index (χ1) is 15.5. The van der Waals surface area contributed by atoms with Gasteiger partial charge in [-0.2, -0.15) is 0 Å². The van der Waals surface area contributed by atoms with Crippen molar-refractivity contribution in [1.29, 1.82) is 0 Å². The molecule has 0 spiro atoms. The monoisotopic (exact) mass is 427 g/mol. The fraction of sp³-hybridized carbons (Fsp3) is 0.370.